The van der Waals surface area contributed by atoms with Gasteiger partial charge in [-0.1, -0.05) is 50.8 Å². The lowest BCUT2D eigenvalue weighted by Gasteiger charge is -2.15. The van der Waals surface area contributed by atoms with E-state index in [-0.39, 0.29) is 18.8 Å². The Labute approximate surface area is 189 Å². The lowest BCUT2D eigenvalue weighted by Crippen LogP contribution is -2.11. The molecule has 2 aromatic rings. The summed E-state index contributed by atoms with van der Waals surface area (Å²) in [7, 11) is 0. The molecule has 0 spiro atoms. The predicted octanol–water partition coefficient (Wildman–Crippen LogP) is 6.50. The summed E-state index contributed by atoms with van der Waals surface area (Å²) in [5, 5.41) is 3.29. The molecule has 1 saturated carbocycles. The highest BCUT2D eigenvalue weighted by atomic mass is 19.3. The first-order valence-corrected chi connectivity index (χ1v) is 11.5. The number of ether oxygens (including phenoxy) is 1. The third-order valence-electron chi connectivity index (χ3n) is 6.04. The number of allylic oxidation sites excluding steroid dienone is 1. The summed E-state index contributed by atoms with van der Waals surface area (Å²) in [5.74, 6) is -2.57. The van der Waals surface area contributed by atoms with E-state index < -0.39 is 11.8 Å². The van der Waals surface area contributed by atoms with Gasteiger partial charge in [0.1, 0.15) is 5.75 Å². The normalized spacial score (nSPS) is 18.1. The van der Waals surface area contributed by atoms with Gasteiger partial charge in [0.25, 0.3) is 5.92 Å². The molecule has 1 N–H and O–H groups in total. The van der Waals surface area contributed by atoms with Crippen molar-refractivity contribution in [1.82, 2.24) is 5.32 Å². The molecule has 0 saturated heterocycles. The van der Waals surface area contributed by atoms with Gasteiger partial charge in [-0.25, -0.2) is 8.78 Å². The first-order valence-electron chi connectivity index (χ1n) is 11.5. The van der Waals surface area contributed by atoms with E-state index in [0.29, 0.717) is 17.7 Å². The molecule has 172 valence electrons. The van der Waals surface area contributed by atoms with Gasteiger partial charge >= 0.3 is 0 Å². The van der Waals surface area contributed by atoms with Crippen molar-refractivity contribution in [2.75, 3.05) is 6.61 Å². The lowest BCUT2D eigenvalue weighted by atomic mass is 9.90. The molecule has 3 nitrogen and oxygen atoms in total. The van der Waals surface area contributed by atoms with Crippen molar-refractivity contribution in [3.05, 3.63) is 77.0 Å². The fourth-order valence-corrected chi connectivity index (χ4v) is 3.59. The summed E-state index contributed by atoms with van der Waals surface area (Å²) in [6.07, 6.45) is 4.37. The summed E-state index contributed by atoms with van der Waals surface area (Å²) in [5.41, 5.74) is 5.54. The molecule has 2 aliphatic rings. The molecule has 2 aliphatic carbocycles. The monoisotopic (exact) mass is 441 g/mol. The number of hydrogen-bond donors (Lipinski definition) is 1. The second kappa shape index (κ2) is 10.8. The SMILES string of the molecule is C=C(CC)NCc1ccc(CC)cc1.O=C1CCCc2ccc(OCC3CC3(F)F)cc21. The maximum absolute atomic E-state index is 12.7. The summed E-state index contributed by atoms with van der Waals surface area (Å²) < 4.78 is 30.7. The Morgan fingerprint density at radius 1 is 1.12 bits per heavy atom. The zero-order chi connectivity index (χ0) is 23.1. The van der Waals surface area contributed by atoms with Crippen molar-refractivity contribution in [2.45, 2.75) is 64.8 Å². The van der Waals surface area contributed by atoms with Crippen molar-refractivity contribution in [3.8, 4) is 5.75 Å². The van der Waals surface area contributed by atoms with Crippen LogP contribution in [0, 0.1) is 5.92 Å². The van der Waals surface area contributed by atoms with Gasteiger partial charge in [-0.2, -0.15) is 0 Å². The number of hydrogen-bond acceptors (Lipinski definition) is 3. The molecule has 0 aromatic heterocycles. The minimum Gasteiger partial charge on any atom is -0.493 e. The van der Waals surface area contributed by atoms with Crippen LogP contribution in [0.2, 0.25) is 0 Å². The number of halogens is 2. The minimum absolute atomic E-state index is 0.0278. The van der Waals surface area contributed by atoms with Gasteiger partial charge in [-0.15, -0.1) is 0 Å². The van der Waals surface area contributed by atoms with E-state index in [2.05, 4.69) is 50.0 Å². The van der Waals surface area contributed by atoms with E-state index in [4.69, 9.17) is 4.74 Å². The third kappa shape index (κ3) is 6.65. The number of rotatable bonds is 8. The highest BCUT2D eigenvalue weighted by molar-refractivity contribution is 5.98. The van der Waals surface area contributed by atoms with Crippen molar-refractivity contribution in [2.24, 2.45) is 5.92 Å². The van der Waals surface area contributed by atoms with E-state index in [1.54, 1.807) is 12.1 Å². The van der Waals surface area contributed by atoms with E-state index in [1.165, 1.54) is 11.1 Å². The Morgan fingerprint density at radius 3 is 2.44 bits per heavy atom. The Morgan fingerprint density at radius 2 is 1.81 bits per heavy atom. The second-order valence-electron chi connectivity index (χ2n) is 8.55. The molecule has 32 heavy (non-hydrogen) atoms. The van der Waals surface area contributed by atoms with Crippen molar-refractivity contribution in [1.29, 1.82) is 0 Å². The Hall–Kier alpha value is -2.69. The maximum Gasteiger partial charge on any atom is 0.255 e. The molecule has 1 fully saturated rings. The molecule has 0 bridgehead atoms. The number of aryl methyl sites for hydroxylation is 2. The number of nitrogens with one attached hydrogen (secondary N) is 1. The van der Waals surface area contributed by atoms with Crippen molar-refractivity contribution >= 4 is 5.78 Å². The Kier molecular flexibility index (Phi) is 8.05. The molecular formula is C27H33F2NO2. The van der Waals surface area contributed by atoms with Crippen LogP contribution >= 0.6 is 0 Å². The van der Waals surface area contributed by atoms with Crippen LogP contribution in [0.5, 0.6) is 5.75 Å². The lowest BCUT2D eigenvalue weighted by molar-refractivity contribution is 0.0853. The van der Waals surface area contributed by atoms with E-state index in [9.17, 15) is 13.6 Å². The van der Waals surface area contributed by atoms with Gasteiger partial charge in [0.2, 0.25) is 0 Å². The molecule has 1 atom stereocenters. The van der Waals surface area contributed by atoms with E-state index in [0.717, 1.165) is 43.5 Å². The number of alkyl halides is 2. The molecule has 5 heteroatoms. The topological polar surface area (TPSA) is 38.3 Å². The number of carbonyl (C=O) groups is 1. The van der Waals surface area contributed by atoms with Gasteiger partial charge < -0.3 is 10.1 Å². The Balaban J connectivity index is 0.000000188. The van der Waals surface area contributed by atoms with Gasteiger partial charge in [0.05, 0.1) is 12.5 Å². The highest BCUT2D eigenvalue weighted by Gasteiger charge is 2.57. The standard InChI is InChI=1S/C14H14F2O2.C13H19N/c15-14(16)7-10(14)8-18-11-5-4-9-2-1-3-13(17)12(9)6-11;1-4-11(3)14-10-13-8-6-12(5-2)7-9-13/h4-6,10H,1-3,7-8H2;6-9,14H,3-5,10H2,1-2H3. The average molecular weight is 442 g/mol. The Bertz CT molecular complexity index is 937. The van der Waals surface area contributed by atoms with Crippen LogP contribution in [0.1, 0.15) is 66.6 Å². The maximum atomic E-state index is 12.7. The molecule has 4 rings (SSSR count). The molecule has 0 amide bonds. The molecule has 0 aliphatic heterocycles. The van der Waals surface area contributed by atoms with Crippen LogP contribution in [-0.2, 0) is 19.4 Å². The average Bonchev–Trinajstić information content (AvgIpc) is 3.43. The summed E-state index contributed by atoms with van der Waals surface area (Å²) in [4.78, 5) is 11.7. The number of carbonyl (C=O) groups excluding carboxylic acids is 1. The molecule has 2 aromatic carbocycles. The second-order valence-corrected chi connectivity index (χ2v) is 8.55. The smallest absolute Gasteiger partial charge is 0.255 e. The molecule has 1 unspecified atom stereocenters. The third-order valence-corrected chi connectivity index (χ3v) is 6.04. The minimum atomic E-state index is -2.55. The fraction of sp³-hybridized carbons (Fsp3) is 0.444. The predicted molar refractivity (Wildman–Crippen MR) is 124 cm³/mol. The van der Waals surface area contributed by atoms with Crippen LogP contribution in [0.4, 0.5) is 8.78 Å². The van der Waals surface area contributed by atoms with Gasteiger partial charge in [0.15, 0.2) is 5.78 Å². The van der Waals surface area contributed by atoms with Gasteiger partial charge in [-0.3, -0.25) is 4.79 Å². The molecule has 0 heterocycles. The van der Waals surface area contributed by atoms with Gasteiger partial charge in [0, 0.05) is 30.6 Å². The van der Waals surface area contributed by atoms with Crippen LogP contribution < -0.4 is 10.1 Å². The summed E-state index contributed by atoms with van der Waals surface area (Å²) >= 11 is 0. The molecule has 0 radical (unpaired) electrons. The number of benzene rings is 2. The first-order chi connectivity index (χ1) is 15.3. The van der Waals surface area contributed by atoms with Crippen LogP contribution in [-0.4, -0.2) is 18.3 Å². The molecular weight excluding hydrogens is 408 g/mol. The van der Waals surface area contributed by atoms with Crippen LogP contribution in [0.15, 0.2) is 54.7 Å². The fourth-order valence-electron chi connectivity index (χ4n) is 3.59. The largest absolute Gasteiger partial charge is 0.493 e. The summed E-state index contributed by atoms with van der Waals surface area (Å²) in [6, 6.07) is 14.0. The number of Topliss-reactive ketones (excluding diaryl/α,β-unsaturated/α-hetero) is 1. The van der Waals surface area contributed by atoms with Crippen molar-refractivity contribution in [3.63, 3.8) is 0 Å². The van der Waals surface area contributed by atoms with Crippen molar-refractivity contribution < 1.29 is 18.3 Å². The van der Waals surface area contributed by atoms with Gasteiger partial charge in [-0.05, 0) is 54.5 Å². The highest BCUT2D eigenvalue weighted by Crippen LogP contribution is 2.48. The number of fused-ring (bicyclic) bond motifs is 1. The van der Waals surface area contributed by atoms with E-state index in [1.807, 2.05) is 6.07 Å². The van der Waals surface area contributed by atoms with Crippen LogP contribution in [0.25, 0.3) is 0 Å². The zero-order valence-corrected chi connectivity index (χ0v) is 19.1. The van der Waals surface area contributed by atoms with E-state index >= 15 is 0 Å². The zero-order valence-electron chi connectivity index (χ0n) is 19.1. The summed E-state index contributed by atoms with van der Waals surface area (Å²) in [6.45, 7) is 9.10. The number of ketones is 1. The quantitative estimate of drug-likeness (QED) is 0.508. The van der Waals surface area contributed by atoms with Crippen LogP contribution in [0.3, 0.4) is 0 Å². The first kappa shape index (κ1) is 24.0.